The van der Waals surface area contributed by atoms with Crippen LogP contribution in [0.3, 0.4) is 0 Å². The van der Waals surface area contributed by atoms with E-state index in [1.807, 2.05) is 0 Å². The topological polar surface area (TPSA) is 28.7 Å². The number of hydrogen-bond acceptors (Lipinski definition) is 2. The summed E-state index contributed by atoms with van der Waals surface area (Å²) in [5.74, 6) is -0.0112. The van der Waals surface area contributed by atoms with Crippen LogP contribution in [0.4, 0.5) is 4.39 Å². The van der Waals surface area contributed by atoms with Gasteiger partial charge in [-0.2, -0.15) is 0 Å². The first-order chi connectivity index (χ1) is 6.79. The van der Waals surface area contributed by atoms with E-state index in [0.717, 1.165) is 12.8 Å². The van der Waals surface area contributed by atoms with Crippen molar-refractivity contribution >= 4 is 12.2 Å². The molecule has 0 aliphatic heterocycles. The van der Waals surface area contributed by atoms with Gasteiger partial charge in [-0.3, -0.25) is 0 Å². The molecule has 0 amide bonds. The van der Waals surface area contributed by atoms with Crippen LogP contribution in [-0.4, -0.2) is 9.97 Å². The minimum absolute atomic E-state index is 0.0873. The van der Waals surface area contributed by atoms with Gasteiger partial charge in [0, 0.05) is 5.92 Å². The molecular weight excluding hydrogens is 199 g/mol. The van der Waals surface area contributed by atoms with Gasteiger partial charge in [0.2, 0.25) is 0 Å². The standard InChI is InChI=1S/C10H13FN2S/c11-8-9(12-6-13-10(8)14)7-4-2-1-3-5-7/h6-7H,1-5H2,(H,12,13,14). The third-order valence-corrected chi connectivity index (χ3v) is 3.12. The summed E-state index contributed by atoms with van der Waals surface area (Å²) in [5.41, 5.74) is 0.657. The van der Waals surface area contributed by atoms with Crippen molar-refractivity contribution in [1.82, 2.24) is 9.97 Å². The molecule has 0 unspecified atom stereocenters. The zero-order valence-electron chi connectivity index (χ0n) is 7.92. The Morgan fingerprint density at radius 1 is 1.36 bits per heavy atom. The third kappa shape index (κ3) is 1.85. The lowest BCUT2D eigenvalue weighted by Gasteiger charge is -2.21. The first-order valence-corrected chi connectivity index (χ1v) is 5.43. The van der Waals surface area contributed by atoms with Crippen molar-refractivity contribution in [2.45, 2.75) is 38.0 Å². The van der Waals surface area contributed by atoms with Gasteiger partial charge >= 0.3 is 0 Å². The van der Waals surface area contributed by atoms with Gasteiger partial charge in [-0.1, -0.05) is 31.5 Å². The largest absolute Gasteiger partial charge is 0.347 e. The molecule has 0 atom stereocenters. The highest BCUT2D eigenvalue weighted by Gasteiger charge is 2.19. The summed E-state index contributed by atoms with van der Waals surface area (Å²) in [6.07, 6.45) is 7.26. The predicted octanol–water partition coefficient (Wildman–Crippen LogP) is 3.33. The number of nitrogens with one attached hydrogen (secondary N) is 1. The van der Waals surface area contributed by atoms with E-state index in [-0.39, 0.29) is 10.5 Å². The number of hydrogen-bond donors (Lipinski definition) is 1. The van der Waals surface area contributed by atoms with Crippen molar-refractivity contribution in [2.24, 2.45) is 0 Å². The zero-order valence-corrected chi connectivity index (χ0v) is 8.74. The Morgan fingerprint density at radius 2 is 2.07 bits per heavy atom. The number of H-pyrrole nitrogens is 1. The Morgan fingerprint density at radius 3 is 2.79 bits per heavy atom. The van der Waals surface area contributed by atoms with E-state index < -0.39 is 0 Å². The third-order valence-electron chi connectivity index (χ3n) is 2.84. The van der Waals surface area contributed by atoms with Crippen LogP contribution < -0.4 is 0 Å². The Kier molecular flexibility index (Phi) is 2.91. The van der Waals surface area contributed by atoms with Crippen LogP contribution >= 0.6 is 12.2 Å². The molecule has 1 N–H and O–H groups in total. The summed E-state index contributed by atoms with van der Waals surface area (Å²) >= 11 is 4.80. The van der Waals surface area contributed by atoms with E-state index in [4.69, 9.17) is 12.2 Å². The number of aromatic nitrogens is 2. The molecule has 2 rings (SSSR count). The van der Waals surface area contributed by atoms with Crippen molar-refractivity contribution in [2.75, 3.05) is 0 Å². The molecule has 0 spiro atoms. The van der Waals surface area contributed by atoms with Crippen molar-refractivity contribution < 1.29 is 4.39 Å². The maximum absolute atomic E-state index is 13.6. The number of halogens is 1. The Labute approximate surface area is 87.6 Å². The summed E-state index contributed by atoms with van der Waals surface area (Å²) in [4.78, 5) is 6.61. The minimum Gasteiger partial charge on any atom is -0.347 e. The lowest BCUT2D eigenvalue weighted by Crippen LogP contribution is -2.09. The lowest BCUT2D eigenvalue weighted by atomic mass is 9.87. The monoisotopic (exact) mass is 212 g/mol. The Hall–Kier alpha value is -0.770. The first kappa shape index (κ1) is 9.77. The van der Waals surface area contributed by atoms with E-state index in [1.54, 1.807) is 0 Å². The van der Waals surface area contributed by atoms with Gasteiger partial charge in [-0.15, -0.1) is 0 Å². The lowest BCUT2D eigenvalue weighted by molar-refractivity contribution is 0.418. The van der Waals surface area contributed by atoms with Crippen molar-refractivity contribution in [3.8, 4) is 0 Å². The fourth-order valence-corrected chi connectivity index (χ4v) is 2.25. The number of rotatable bonds is 1. The molecule has 0 radical (unpaired) electrons. The van der Waals surface area contributed by atoms with Crippen LogP contribution in [0.1, 0.15) is 43.7 Å². The van der Waals surface area contributed by atoms with Crippen molar-refractivity contribution in [3.63, 3.8) is 0 Å². The van der Waals surface area contributed by atoms with E-state index >= 15 is 0 Å². The van der Waals surface area contributed by atoms with Gasteiger partial charge in [-0.05, 0) is 12.8 Å². The highest BCUT2D eigenvalue weighted by Crippen LogP contribution is 2.32. The van der Waals surface area contributed by atoms with E-state index in [2.05, 4.69) is 9.97 Å². The molecule has 14 heavy (non-hydrogen) atoms. The van der Waals surface area contributed by atoms with E-state index in [0.29, 0.717) is 11.6 Å². The SMILES string of the molecule is Fc1c(C2CCCCC2)[nH]cnc1=S. The van der Waals surface area contributed by atoms with Crippen LogP contribution in [0.25, 0.3) is 0 Å². The molecular formula is C10H13FN2S. The second-order valence-corrected chi connectivity index (χ2v) is 4.16. The second-order valence-electron chi connectivity index (χ2n) is 3.77. The van der Waals surface area contributed by atoms with Gasteiger partial charge in [0.25, 0.3) is 0 Å². The normalized spacial score (nSPS) is 18.4. The summed E-state index contributed by atoms with van der Waals surface area (Å²) in [5, 5.41) is 0. The molecule has 1 saturated carbocycles. The fourth-order valence-electron chi connectivity index (χ4n) is 2.08. The van der Waals surface area contributed by atoms with Crippen LogP contribution in [-0.2, 0) is 0 Å². The van der Waals surface area contributed by atoms with Gasteiger partial charge in [0.05, 0.1) is 12.0 Å². The predicted molar refractivity (Wildman–Crippen MR) is 55.2 cm³/mol. The maximum atomic E-state index is 13.6. The average Bonchev–Trinajstić information content (AvgIpc) is 2.23. The molecule has 1 fully saturated rings. The van der Waals surface area contributed by atoms with Crippen molar-refractivity contribution in [3.05, 3.63) is 22.5 Å². The number of nitrogens with zero attached hydrogens (tertiary/aromatic N) is 1. The molecule has 4 heteroatoms. The molecule has 0 aromatic carbocycles. The Balaban J connectivity index is 2.30. The van der Waals surface area contributed by atoms with E-state index in [1.165, 1.54) is 25.6 Å². The van der Waals surface area contributed by atoms with Crippen LogP contribution in [0.15, 0.2) is 6.33 Å². The minimum atomic E-state index is -0.325. The smallest absolute Gasteiger partial charge is 0.179 e. The molecule has 1 aromatic heterocycles. The van der Waals surface area contributed by atoms with Gasteiger partial charge in [-0.25, -0.2) is 9.37 Å². The number of aromatic amines is 1. The van der Waals surface area contributed by atoms with Gasteiger partial charge in [0.15, 0.2) is 10.5 Å². The van der Waals surface area contributed by atoms with E-state index in [9.17, 15) is 4.39 Å². The quantitative estimate of drug-likeness (QED) is 0.723. The molecule has 2 nitrogen and oxygen atoms in total. The summed E-state index contributed by atoms with van der Waals surface area (Å²) in [6.45, 7) is 0. The first-order valence-electron chi connectivity index (χ1n) is 5.02. The molecule has 1 aliphatic carbocycles. The van der Waals surface area contributed by atoms with Crippen LogP contribution in [0.2, 0.25) is 0 Å². The summed E-state index contributed by atoms with van der Waals surface area (Å²) in [7, 11) is 0. The molecule has 1 aromatic rings. The highest BCUT2D eigenvalue weighted by atomic mass is 32.1. The maximum Gasteiger partial charge on any atom is 0.179 e. The molecule has 76 valence electrons. The second kappa shape index (κ2) is 4.17. The van der Waals surface area contributed by atoms with Gasteiger partial charge < -0.3 is 4.98 Å². The molecule has 0 saturated heterocycles. The zero-order chi connectivity index (χ0) is 9.97. The highest BCUT2D eigenvalue weighted by molar-refractivity contribution is 7.71. The van der Waals surface area contributed by atoms with Crippen molar-refractivity contribution in [1.29, 1.82) is 0 Å². The molecule has 1 heterocycles. The molecule has 1 aliphatic rings. The average molecular weight is 212 g/mol. The van der Waals surface area contributed by atoms with Crippen LogP contribution in [0, 0.1) is 10.5 Å². The molecule has 0 bridgehead atoms. The fraction of sp³-hybridized carbons (Fsp3) is 0.600. The Bertz CT molecular complexity index is 369. The van der Waals surface area contributed by atoms with Crippen LogP contribution in [0.5, 0.6) is 0 Å². The summed E-state index contributed by atoms with van der Waals surface area (Å²) < 4.78 is 13.7. The van der Waals surface area contributed by atoms with Gasteiger partial charge in [0.1, 0.15) is 0 Å². The summed E-state index contributed by atoms with van der Waals surface area (Å²) in [6, 6.07) is 0.